The van der Waals surface area contributed by atoms with Gasteiger partial charge in [0.2, 0.25) is 5.88 Å². The molecule has 2 aliphatic rings. The van der Waals surface area contributed by atoms with Gasteiger partial charge in [0, 0.05) is 29.7 Å². The highest BCUT2D eigenvalue weighted by Crippen LogP contribution is 2.49. The molecule has 0 bridgehead atoms. The molecule has 200 valence electrons. The molecule has 0 spiro atoms. The number of nitrogens with one attached hydrogen (secondary N) is 1. The monoisotopic (exact) mass is 518 g/mol. The Morgan fingerprint density at radius 1 is 1.08 bits per heavy atom. The summed E-state index contributed by atoms with van der Waals surface area (Å²) in [5.41, 5.74) is 8.74. The van der Waals surface area contributed by atoms with Crippen LogP contribution in [-0.4, -0.2) is 30.9 Å². The maximum Gasteiger partial charge on any atom is 0.340 e. The van der Waals surface area contributed by atoms with Gasteiger partial charge in [-0.25, -0.2) is 4.79 Å². The number of benzene rings is 2. The lowest BCUT2D eigenvalue weighted by Crippen LogP contribution is -2.36. The van der Waals surface area contributed by atoms with Gasteiger partial charge < -0.3 is 25.3 Å². The van der Waals surface area contributed by atoms with Crippen LogP contribution in [0.2, 0.25) is 0 Å². The molecule has 1 aliphatic carbocycles. The number of ether oxygens (including phenoxy) is 3. The molecule has 0 fully saturated rings. The summed E-state index contributed by atoms with van der Waals surface area (Å²) in [4.78, 5) is 39.1. The number of para-hydroxylation sites is 1. The molecule has 1 unspecified atom stereocenters. The minimum absolute atomic E-state index is 0.0511. The quantitative estimate of drug-likeness (QED) is 0.484. The first-order valence-electron chi connectivity index (χ1n) is 12.8. The predicted molar refractivity (Wildman–Crippen MR) is 143 cm³/mol. The number of anilines is 1. The maximum atomic E-state index is 13.4. The van der Waals surface area contributed by atoms with Crippen molar-refractivity contribution in [3.8, 4) is 5.75 Å². The van der Waals surface area contributed by atoms with Crippen molar-refractivity contribution in [2.75, 3.05) is 18.5 Å². The Bertz CT molecular complexity index is 1310. The molecule has 1 amide bonds. The highest BCUT2D eigenvalue weighted by Gasteiger charge is 2.45. The number of carbonyl (C=O) groups is 3. The van der Waals surface area contributed by atoms with Crippen LogP contribution in [0.15, 0.2) is 71.3 Å². The molecular formula is C30H34N2O6. The summed E-state index contributed by atoms with van der Waals surface area (Å²) in [7, 11) is 0. The Morgan fingerprint density at radius 3 is 2.47 bits per heavy atom. The lowest BCUT2D eigenvalue weighted by molar-refractivity contribution is -0.139. The summed E-state index contributed by atoms with van der Waals surface area (Å²) in [5, 5.41) is 2.82. The maximum absolute atomic E-state index is 13.4. The lowest BCUT2D eigenvalue weighted by Gasteiger charge is -2.38. The molecule has 1 aliphatic heterocycles. The van der Waals surface area contributed by atoms with E-state index in [0.717, 1.165) is 6.42 Å². The Labute approximate surface area is 222 Å². The highest BCUT2D eigenvalue weighted by atomic mass is 16.5. The number of carbonyl (C=O) groups excluding carboxylic acids is 3. The van der Waals surface area contributed by atoms with Gasteiger partial charge in [0.25, 0.3) is 5.91 Å². The highest BCUT2D eigenvalue weighted by molar-refractivity contribution is 6.04. The third kappa shape index (κ3) is 5.74. The predicted octanol–water partition coefficient (Wildman–Crippen LogP) is 4.76. The Hall–Kier alpha value is -4.07. The minimum atomic E-state index is -0.845. The summed E-state index contributed by atoms with van der Waals surface area (Å²) >= 11 is 0. The van der Waals surface area contributed by atoms with Gasteiger partial charge in [-0.1, -0.05) is 51.1 Å². The van der Waals surface area contributed by atoms with E-state index >= 15 is 0 Å². The van der Waals surface area contributed by atoms with Crippen molar-refractivity contribution < 1.29 is 28.6 Å². The number of esters is 1. The summed E-state index contributed by atoms with van der Waals surface area (Å²) in [5.74, 6) is -1.27. The van der Waals surface area contributed by atoms with Crippen LogP contribution in [0, 0.1) is 5.41 Å². The van der Waals surface area contributed by atoms with Crippen LogP contribution in [0.25, 0.3) is 0 Å². The normalized spacial score (nSPS) is 18.4. The van der Waals surface area contributed by atoms with Crippen LogP contribution < -0.4 is 15.8 Å². The van der Waals surface area contributed by atoms with Gasteiger partial charge in [0.15, 0.2) is 12.4 Å². The molecular weight excluding hydrogens is 484 g/mol. The van der Waals surface area contributed by atoms with Crippen molar-refractivity contribution in [3.05, 3.63) is 82.4 Å². The molecule has 0 aromatic heterocycles. The van der Waals surface area contributed by atoms with Crippen molar-refractivity contribution in [1.82, 2.24) is 0 Å². The number of hydrogen-bond acceptors (Lipinski definition) is 7. The topological polar surface area (TPSA) is 117 Å². The number of nitrogens with two attached hydrogens (primary N) is 1. The average molecular weight is 519 g/mol. The molecule has 2 aromatic rings. The second-order valence-corrected chi connectivity index (χ2v) is 10.2. The van der Waals surface area contributed by atoms with E-state index in [1.807, 2.05) is 38.1 Å². The van der Waals surface area contributed by atoms with Gasteiger partial charge in [0.05, 0.1) is 12.5 Å². The van der Waals surface area contributed by atoms with Crippen molar-refractivity contribution in [1.29, 1.82) is 0 Å². The van der Waals surface area contributed by atoms with Crippen molar-refractivity contribution in [2.24, 2.45) is 11.1 Å². The zero-order valence-electron chi connectivity index (χ0n) is 22.3. The van der Waals surface area contributed by atoms with E-state index in [0.29, 0.717) is 41.2 Å². The first kappa shape index (κ1) is 27.0. The fourth-order valence-electron chi connectivity index (χ4n) is 4.92. The molecule has 8 heteroatoms. The van der Waals surface area contributed by atoms with Gasteiger partial charge in [-0.2, -0.15) is 0 Å². The fraction of sp³-hybridized carbons (Fsp3) is 0.367. The van der Waals surface area contributed by atoms with Gasteiger partial charge in [-0.15, -0.1) is 0 Å². The van der Waals surface area contributed by atoms with Crippen LogP contribution >= 0.6 is 0 Å². The van der Waals surface area contributed by atoms with E-state index in [1.165, 1.54) is 5.56 Å². The Morgan fingerprint density at radius 2 is 1.79 bits per heavy atom. The number of rotatable bonds is 8. The van der Waals surface area contributed by atoms with Crippen LogP contribution in [-0.2, 0) is 30.3 Å². The number of allylic oxidation sites excluding steroid dienone is 2. The molecule has 4 rings (SSSR count). The molecule has 0 radical (unpaired) electrons. The van der Waals surface area contributed by atoms with Crippen molar-refractivity contribution >= 4 is 23.3 Å². The number of aryl methyl sites for hydroxylation is 1. The summed E-state index contributed by atoms with van der Waals surface area (Å²) in [6.45, 7) is 7.59. The summed E-state index contributed by atoms with van der Waals surface area (Å²) in [6, 6.07) is 14.6. The average Bonchev–Trinajstić information content (AvgIpc) is 2.86. The van der Waals surface area contributed by atoms with E-state index < -0.39 is 11.9 Å². The molecule has 1 heterocycles. The molecule has 8 nitrogen and oxygen atoms in total. The van der Waals surface area contributed by atoms with Gasteiger partial charge in [-0.05, 0) is 42.5 Å². The Balaban J connectivity index is 1.66. The molecule has 38 heavy (non-hydrogen) atoms. The second-order valence-electron chi connectivity index (χ2n) is 10.2. The number of amides is 1. The first-order valence-corrected chi connectivity index (χ1v) is 12.8. The van der Waals surface area contributed by atoms with Crippen LogP contribution in [0.1, 0.15) is 57.6 Å². The largest absolute Gasteiger partial charge is 0.483 e. The van der Waals surface area contributed by atoms with Crippen molar-refractivity contribution in [2.45, 2.75) is 52.9 Å². The van der Waals surface area contributed by atoms with Crippen molar-refractivity contribution in [3.63, 3.8) is 0 Å². The van der Waals surface area contributed by atoms with Crippen LogP contribution in [0.4, 0.5) is 5.69 Å². The van der Waals surface area contributed by atoms with Gasteiger partial charge >= 0.3 is 5.97 Å². The zero-order chi connectivity index (χ0) is 27.4. The zero-order valence-corrected chi connectivity index (χ0v) is 22.3. The van der Waals surface area contributed by atoms with E-state index in [4.69, 9.17) is 19.9 Å². The fourth-order valence-corrected chi connectivity index (χ4v) is 4.92. The number of hydrogen-bond donors (Lipinski definition) is 2. The van der Waals surface area contributed by atoms with E-state index in [-0.39, 0.29) is 41.8 Å². The van der Waals surface area contributed by atoms with E-state index in [9.17, 15) is 14.4 Å². The minimum Gasteiger partial charge on any atom is -0.483 e. The first-order chi connectivity index (χ1) is 18.1. The molecule has 3 N–H and O–H groups in total. The SMILES string of the molecule is CCOC(=O)C1=C(N)OC2=C(C(=O)CC(C)(C)C2)C1c1ccccc1OCC(=O)Nc1ccc(CC)cc1. The molecule has 1 atom stereocenters. The molecule has 2 aromatic carbocycles. The Kier molecular flexibility index (Phi) is 7.90. The molecule has 0 saturated carbocycles. The third-order valence-corrected chi connectivity index (χ3v) is 6.69. The number of ketones is 1. The van der Waals surface area contributed by atoms with Crippen LogP contribution in [0.3, 0.4) is 0 Å². The second kappa shape index (κ2) is 11.1. The molecule has 0 saturated heterocycles. The standard InChI is InChI=1S/C30H34N2O6/c1-5-18-11-13-19(14-12-18)32-24(34)17-37-22-10-8-7-9-20(22)25-26-21(33)15-30(3,4)16-23(26)38-28(31)27(25)29(35)36-6-2/h7-14,25H,5-6,15-17,31H2,1-4H3,(H,32,34). The smallest absolute Gasteiger partial charge is 0.340 e. The van der Waals surface area contributed by atoms with E-state index in [1.54, 1.807) is 31.2 Å². The van der Waals surface area contributed by atoms with Crippen LogP contribution in [0.5, 0.6) is 5.75 Å². The summed E-state index contributed by atoms with van der Waals surface area (Å²) in [6.07, 6.45) is 1.69. The van der Waals surface area contributed by atoms with Gasteiger partial charge in [-0.3, -0.25) is 9.59 Å². The third-order valence-electron chi connectivity index (χ3n) is 6.69. The number of Topliss-reactive ketones (excluding diaryl/α,β-unsaturated/α-hetero) is 1. The summed E-state index contributed by atoms with van der Waals surface area (Å²) < 4.78 is 17.1. The van der Waals surface area contributed by atoms with E-state index in [2.05, 4.69) is 12.2 Å². The lowest BCUT2D eigenvalue weighted by atomic mass is 9.70. The van der Waals surface area contributed by atoms with Gasteiger partial charge in [0.1, 0.15) is 17.1 Å².